The van der Waals surface area contributed by atoms with E-state index in [0.29, 0.717) is 19.4 Å². The van der Waals surface area contributed by atoms with Crippen LogP contribution >= 0.6 is 15.9 Å². The third-order valence-electron chi connectivity index (χ3n) is 4.05. The number of carboxylic acid groups (broad SMARTS) is 1. The Morgan fingerprint density at radius 2 is 2.13 bits per heavy atom. The fourth-order valence-electron chi connectivity index (χ4n) is 2.74. The molecule has 1 aliphatic heterocycles. The highest BCUT2D eigenvalue weighted by Crippen LogP contribution is 2.26. The Labute approximate surface area is 143 Å². The van der Waals surface area contributed by atoms with E-state index in [1.807, 2.05) is 18.2 Å². The van der Waals surface area contributed by atoms with Gasteiger partial charge in [0.15, 0.2) is 0 Å². The Morgan fingerprint density at radius 3 is 2.70 bits per heavy atom. The van der Waals surface area contributed by atoms with Crippen LogP contribution in [-0.4, -0.2) is 54.8 Å². The van der Waals surface area contributed by atoms with Gasteiger partial charge >= 0.3 is 5.97 Å². The lowest BCUT2D eigenvalue weighted by Gasteiger charge is -2.21. The summed E-state index contributed by atoms with van der Waals surface area (Å²) in [6.45, 7) is 0.332. The highest BCUT2D eigenvalue weighted by atomic mass is 79.9. The summed E-state index contributed by atoms with van der Waals surface area (Å²) in [6, 6.07) is 4.84. The van der Waals surface area contributed by atoms with Crippen LogP contribution in [0.5, 0.6) is 5.75 Å². The Morgan fingerprint density at radius 1 is 1.39 bits per heavy atom. The van der Waals surface area contributed by atoms with E-state index in [1.165, 1.54) is 12.0 Å². The molecule has 2 unspecified atom stereocenters. The molecule has 1 aromatic rings. The first kappa shape index (κ1) is 17.7. The first-order valence-electron chi connectivity index (χ1n) is 7.33. The number of aryl methyl sites for hydroxylation is 1. The van der Waals surface area contributed by atoms with Crippen molar-refractivity contribution < 1.29 is 24.2 Å². The molecule has 0 aromatic heterocycles. The van der Waals surface area contributed by atoms with Crippen molar-refractivity contribution in [2.24, 2.45) is 0 Å². The number of carbonyl (C=O) groups is 2. The third-order valence-corrected chi connectivity index (χ3v) is 4.66. The Balaban J connectivity index is 1.98. The fraction of sp³-hybridized carbons (Fsp3) is 0.500. The molecule has 2 atom stereocenters. The molecule has 1 heterocycles. The van der Waals surface area contributed by atoms with E-state index >= 15 is 0 Å². The van der Waals surface area contributed by atoms with Gasteiger partial charge in [-0.25, -0.2) is 4.79 Å². The molecule has 0 radical (unpaired) electrons. The average molecular weight is 386 g/mol. The highest BCUT2D eigenvalue weighted by molar-refractivity contribution is 9.10. The number of ether oxygens (including phenoxy) is 2. The van der Waals surface area contributed by atoms with E-state index in [4.69, 9.17) is 9.47 Å². The SMILES string of the molecule is COc1ccc(CCC(=O)N2CC(OC)CC2C(=O)O)cc1Br. The molecule has 1 aromatic carbocycles. The number of aliphatic carboxylic acids is 1. The normalized spacial score (nSPS) is 20.6. The van der Waals surface area contributed by atoms with Crippen LogP contribution < -0.4 is 4.74 Å². The van der Waals surface area contributed by atoms with E-state index in [1.54, 1.807) is 7.11 Å². The topological polar surface area (TPSA) is 76.1 Å². The van der Waals surface area contributed by atoms with E-state index in [-0.39, 0.29) is 18.4 Å². The van der Waals surface area contributed by atoms with Gasteiger partial charge in [0, 0.05) is 26.5 Å². The van der Waals surface area contributed by atoms with Gasteiger partial charge in [0.05, 0.1) is 17.7 Å². The second-order valence-electron chi connectivity index (χ2n) is 5.46. The zero-order valence-corrected chi connectivity index (χ0v) is 14.7. The van der Waals surface area contributed by atoms with Crippen LogP contribution in [0.4, 0.5) is 0 Å². The van der Waals surface area contributed by atoms with Crippen molar-refractivity contribution in [2.45, 2.75) is 31.4 Å². The van der Waals surface area contributed by atoms with Gasteiger partial charge in [-0.3, -0.25) is 4.79 Å². The average Bonchev–Trinajstić information content (AvgIpc) is 2.97. The number of nitrogens with zero attached hydrogens (tertiary/aromatic N) is 1. The second-order valence-corrected chi connectivity index (χ2v) is 6.32. The van der Waals surface area contributed by atoms with E-state index in [9.17, 15) is 14.7 Å². The van der Waals surface area contributed by atoms with Crippen LogP contribution in [0.3, 0.4) is 0 Å². The van der Waals surface area contributed by atoms with Gasteiger partial charge in [-0.15, -0.1) is 0 Å². The van der Waals surface area contributed by atoms with Crippen molar-refractivity contribution >= 4 is 27.8 Å². The number of halogens is 1. The number of hydrogen-bond donors (Lipinski definition) is 1. The van der Waals surface area contributed by atoms with Crippen LogP contribution in [0.25, 0.3) is 0 Å². The van der Waals surface area contributed by atoms with E-state index < -0.39 is 12.0 Å². The maximum absolute atomic E-state index is 12.4. The minimum atomic E-state index is -0.981. The van der Waals surface area contributed by atoms with Crippen molar-refractivity contribution in [3.05, 3.63) is 28.2 Å². The summed E-state index contributed by atoms with van der Waals surface area (Å²) in [7, 11) is 3.13. The standard InChI is InChI=1S/C16H20BrNO5/c1-22-11-8-13(16(20)21)18(9-11)15(19)6-4-10-3-5-14(23-2)12(17)7-10/h3,5,7,11,13H,4,6,8-9H2,1-2H3,(H,20,21). The van der Waals surface area contributed by atoms with Gasteiger partial charge in [-0.1, -0.05) is 6.07 Å². The van der Waals surface area contributed by atoms with Crippen LogP contribution in [0.1, 0.15) is 18.4 Å². The number of amides is 1. The zero-order valence-electron chi connectivity index (χ0n) is 13.1. The predicted molar refractivity (Wildman–Crippen MR) is 87.6 cm³/mol. The van der Waals surface area contributed by atoms with Gasteiger partial charge < -0.3 is 19.5 Å². The number of carbonyl (C=O) groups excluding carboxylic acids is 1. The molecule has 1 aliphatic rings. The third kappa shape index (κ3) is 4.23. The summed E-state index contributed by atoms with van der Waals surface area (Å²) < 4.78 is 11.2. The van der Waals surface area contributed by atoms with Gasteiger partial charge in [-0.05, 0) is 40.0 Å². The van der Waals surface area contributed by atoms with Gasteiger partial charge in [-0.2, -0.15) is 0 Å². The molecule has 1 saturated heterocycles. The van der Waals surface area contributed by atoms with Crippen molar-refractivity contribution in [2.75, 3.05) is 20.8 Å². The molecule has 1 N–H and O–H groups in total. The highest BCUT2D eigenvalue weighted by Gasteiger charge is 2.39. The molecule has 23 heavy (non-hydrogen) atoms. The molecule has 1 amide bonds. The number of rotatable bonds is 6. The van der Waals surface area contributed by atoms with Crippen LogP contribution in [0.2, 0.25) is 0 Å². The van der Waals surface area contributed by atoms with Crippen LogP contribution in [0, 0.1) is 0 Å². The molecular weight excluding hydrogens is 366 g/mol. The van der Waals surface area contributed by atoms with Gasteiger partial charge in [0.1, 0.15) is 11.8 Å². The van der Waals surface area contributed by atoms with Crippen LogP contribution in [-0.2, 0) is 20.7 Å². The largest absolute Gasteiger partial charge is 0.496 e. The van der Waals surface area contributed by atoms with Gasteiger partial charge in [0.2, 0.25) is 5.91 Å². The summed E-state index contributed by atoms with van der Waals surface area (Å²) in [6.07, 6.45) is 0.933. The smallest absolute Gasteiger partial charge is 0.326 e. The Bertz CT molecular complexity index is 592. The minimum Gasteiger partial charge on any atom is -0.496 e. The maximum Gasteiger partial charge on any atom is 0.326 e. The van der Waals surface area contributed by atoms with Crippen molar-refractivity contribution in [1.29, 1.82) is 0 Å². The maximum atomic E-state index is 12.4. The summed E-state index contributed by atoms with van der Waals surface area (Å²) >= 11 is 3.41. The molecule has 0 spiro atoms. The number of likely N-dealkylation sites (tertiary alicyclic amines) is 1. The van der Waals surface area contributed by atoms with E-state index in [0.717, 1.165) is 15.8 Å². The lowest BCUT2D eigenvalue weighted by molar-refractivity contribution is -0.148. The molecule has 6 nitrogen and oxygen atoms in total. The summed E-state index contributed by atoms with van der Waals surface area (Å²) in [5.41, 5.74) is 0.986. The summed E-state index contributed by atoms with van der Waals surface area (Å²) in [4.78, 5) is 25.1. The second kappa shape index (κ2) is 7.79. The molecule has 126 valence electrons. The van der Waals surface area contributed by atoms with Crippen molar-refractivity contribution in [3.63, 3.8) is 0 Å². The van der Waals surface area contributed by atoms with Gasteiger partial charge in [0.25, 0.3) is 0 Å². The molecule has 1 fully saturated rings. The van der Waals surface area contributed by atoms with Crippen molar-refractivity contribution in [1.82, 2.24) is 4.90 Å². The van der Waals surface area contributed by atoms with Crippen molar-refractivity contribution in [3.8, 4) is 5.75 Å². The Kier molecular flexibility index (Phi) is 6.01. The quantitative estimate of drug-likeness (QED) is 0.811. The van der Waals surface area contributed by atoms with Crippen LogP contribution in [0.15, 0.2) is 22.7 Å². The molecule has 0 saturated carbocycles. The summed E-state index contributed by atoms with van der Waals surface area (Å²) in [5, 5.41) is 9.26. The molecule has 0 bridgehead atoms. The number of methoxy groups -OCH3 is 2. The number of benzene rings is 1. The first-order valence-corrected chi connectivity index (χ1v) is 8.13. The molecular formula is C16H20BrNO5. The van der Waals surface area contributed by atoms with E-state index in [2.05, 4.69) is 15.9 Å². The molecule has 7 heteroatoms. The zero-order chi connectivity index (χ0) is 17.0. The lowest BCUT2D eigenvalue weighted by atomic mass is 10.1. The minimum absolute atomic E-state index is 0.163. The first-order chi connectivity index (χ1) is 11.0. The molecule has 0 aliphatic carbocycles. The summed E-state index contributed by atoms with van der Waals surface area (Å²) in [5.74, 6) is -0.414. The number of hydrogen-bond acceptors (Lipinski definition) is 4. The molecule has 2 rings (SSSR count). The Hall–Kier alpha value is -1.60. The predicted octanol–water partition coefficient (Wildman–Crippen LogP) is 2.09. The monoisotopic (exact) mass is 385 g/mol. The fourth-order valence-corrected chi connectivity index (χ4v) is 3.33. The number of carboxylic acids is 1. The lowest BCUT2D eigenvalue weighted by Crippen LogP contribution is -2.40.